The summed E-state index contributed by atoms with van der Waals surface area (Å²) in [4.78, 5) is 39.9. The molecule has 4 heterocycles. The third kappa shape index (κ3) is 4.35. The summed E-state index contributed by atoms with van der Waals surface area (Å²) in [7, 11) is 0. The van der Waals surface area contributed by atoms with Gasteiger partial charge in [0.1, 0.15) is 5.82 Å². The van der Waals surface area contributed by atoms with Gasteiger partial charge in [0.15, 0.2) is 0 Å². The van der Waals surface area contributed by atoms with E-state index in [1.165, 1.54) is 25.7 Å². The van der Waals surface area contributed by atoms with Gasteiger partial charge in [-0.3, -0.25) is 14.5 Å². The molecule has 7 heteroatoms. The molecular weight excluding hydrogens is 354 g/mol. The Morgan fingerprint density at radius 2 is 1.86 bits per heavy atom. The van der Waals surface area contributed by atoms with Crippen LogP contribution in [0.5, 0.6) is 0 Å². The molecule has 28 heavy (non-hydrogen) atoms. The van der Waals surface area contributed by atoms with E-state index in [2.05, 4.69) is 9.88 Å². The lowest BCUT2D eigenvalue weighted by Gasteiger charge is -2.27. The molecule has 0 aliphatic carbocycles. The van der Waals surface area contributed by atoms with Crippen molar-refractivity contribution in [2.75, 3.05) is 39.3 Å². The van der Waals surface area contributed by atoms with Crippen LogP contribution in [0.1, 0.15) is 62.0 Å². The summed E-state index contributed by atoms with van der Waals surface area (Å²) in [5.74, 6) is 1.44. The lowest BCUT2D eigenvalue weighted by Crippen LogP contribution is -2.39. The van der Waals surface area contributed by atoms with Gasteiger partial charge in [-0.25, -0.2) is 9.97 Å². The maximum absolute atomic E-state index is 12.7. The molecule has 1 aromatic heterocycles. The Bertz CT molecular complexity index is 730. The molecule has 2 fully saturated rings. The van der Waals surface area contributed by atoms with E-state index in [1.54, 1.807) is 6.92 Å². The molecule has 0 bridgehead atoms. The van der Waals surface area contributed by atoms with Crippen molar-refractivity contribution in [3.8, 4) is 0 Å². The maximum Gasteiger partial charge on any atom is 0.236 e. The fourth-order valence-corrected chi connectivity index (χ4v) is 4.58. The average molecular weight is 386 g/mol. The number of hydrogen-bond acceptors (Lipinski definition) is 5. The van der Waals surface area contributed by atoms with Crippen molar-refractivity contribution in [2.24, 2.45) is 0 Å². The van der Waals surface area contributed by atoms with E-state index in [1.807, 2.05) is 16.0 Å². The van der Waals surface area contributed by atoms with E-state index in [0.29, 0.717) is 13.1 Å². The summed E-state index contributed by atoms with van der Waals surface area (Å²) in [5, 5.41) is 0. The number of carbonyl (C=O) groups excluding carboxylic acids is 2. The van der Waals surface area contributed by atoms with Gasteiger partial charge in [-0.05, 0) is 32.4 Å². The van der Waals surface area contributed by atoms with Crippen molar-refractivity contribution in [3.63, 3.8) is 0 Å². The second-order valence-electron chi connectivity index (χ2n) is 8.41. The standard InChI is InChI=1S/C21H31N5O2/c1-16(27)25-11-7-19-18(14-25)12-22-21(23-19)17-6-10-26(13-17)20(28)15-24-8-4-2-3-5-9-24/h12,17H,2-11,13-15H2,1H3/t17-/m1/s1. The lowest BCUT2D eigenvalue weighted by molar-refractivity contribution is -0.131. The fourth-order valence-electron chi connectivity index (χ4n) is 4.58. The van der Waals surface area contributed by atoms with Gasteiger partial charge in [0.2, 0.25) is 11.8 Å². The van der Waals surface area contributed by atoms with E-state index in [0.717, 1.165) is 62.6 Å². The highest BCUT2D eigenvalue weighted by Crippen LogP contribution is 2.27. The van der Waals surface area contributed by atoms with Gasteiger partial charge in [-0.1, -0.05) is 12.8 Å². The van der Waals surface area contributed by atoms with Crippen molar-refractivity contribution in [1.29, 1.82) is 0 Å². The minimum atomic E-state index is 0.101. The Morgan fingerprint density at radius 1 is 1.07 bits per heavy atom. The Kier molecular flexibility index (Phi) is 5.90. The highest BCUT2D eigenvalue weighted by atomic mass is 16.2. The van der Waals surface area contributed by atoms with E-state index < -0.39 is 0 Å². The first-order chi connectivity index (χ1) is 13.6. The van der Waals surface area contributed by atoms with Crippen LogP contribution in [0.2, 0.25) is 0 Å². The predicted octanol–water partition coefficient (Wildman–Crippen LogP) is 1.57. The van der Waals surface area contributed by atoms with E-state index >= 15 is 0 Å². The molecule has 4 rings (SSSR count). The van der Waals surface area contributed by atoms with E-state index in [4.69, 9.17) is 4.98 Å². The molecule has 0 N–H and O–H groups in total. The zero-order valence-electron chi connectivity index (χ0n) is 16.9. The average Bonchev–Trinajstić information content (AvgIpc) is 3.06. The summed E-state index contributed by atoms with van der Waals surface area (Å²) in [5.41, 5.74) is 2.12. The first kappa shape index (κ1) is 19.3. The molecule has 3 aliphatic heterocycles. The Hall–Kier alpha value is -2.02. The van der Waals surface area contributed by atoms with Crippen LogP contribution in [0.25, 0.3) is 0 Å². The first-order valence-electron chi connectivity index (χ1n) is 10.7. The molecule has 1 atom stereocenters. The normalized spacial score (nSPS) is 23.4. The maximum atomic E-state index is 12.7. The number of nitrogens with zero attached hydrogens (tertiary/aromatic N) is 5. The molecule has 0 saturated carbocycles. The number of carbonyl (C=O) groups is 2. The molecule has 0 unspecified atom stereocenters. The second-order valence-corrected chi connectivity index (χ2v) is 8.41. The highest BCUT2D eigenvalue weighted by Gasteiger charge is 2.31. The molecule has 0 spiro atoms. The minimum Gasteiger partial charge on any atom is -0.341 e. The summed E-state index contributed by atoms with van der Waals surface area (Å²) in [6, 6.07) is 0. The van der Waals surface area contributed by atoms with Crippen LogP contribution in [0.3, 0.4) is 0 Å². The number of hydrogen-bond donors (Lipinski definition) is 0. The number of fused-ring (bicyclic) bond motifs is 1. The number of rotatable bonds is 3. The van der Waals surface area contributed by atoms with Crippen molar-refractivity contribution in [2.45, 2.75) is 57.9 Å². The quantitative estimate of drug-likeness (QED) is 0.790. The summed E-state index contributed by atoms with van der Waals surface area (Å²) >= 11 is 0. The van der Waals surface area contributed by atoms with Crippen LogP contribution in [0.15, 0.2) is 6.20 Å². The third-order valence-corrected chi connectivity index (χ3v) is 6.36. The SMILES string of the molecule is CC(=O)N1CCc2nc([C@@H]3CCN(C(=O)CN4CCCCCC4)C3)ncc2C1. The Labute approximate surface area is 167 Å². The molecule has 7 nitrogen and oxygen atoms in total. The van der Waals surface area contributed by atoms with Gasteiger partial charge in [-0.15, -0.1) is 0 Å². The van der Waals surface area contributed by atoms with Crippen LogP contribution in [0, 0.1) is 0 Å². The van der Waals surface area contributed by atoms with Crippen LogP contribution >= 0.6 is 0 Å². The largest absolute Gasteiger partial charge is 0.341 e. The van der Waals surface area contributed by atoms with Gasteiger partial charge < -0.3 is 9.80 Å². The van der Waals surface area contributed by atoms with Gasteiger partial charge in [-0.2, -0.15) is 0 Å². The van der Waals surface area contributed by atoms with Crippen molar-refractivity contribution in [3.05, 3.63) is 23.3 Å². The van der Waals surface area contributed by atoms with Crippen molar-refractivity contribution in [1.82, 2.24) is 24.7 Å². The van der Waals surface area contributed by atoms with Crippen LogP contribution in [-0.2, 0) is 22.6 Å². The predicted molar refractivity (Wildman–Crippen MR) is 106 cm³/mol. The topological polar surface area (TPSA) is 69.6 Å². The highest BCUT2D eigenvalue weighted by molar-refractivity contribution is 5.78. The summed E-state index contributed by atoms with van der Waals surface area (Å²) < 4.78 is 0. The van der Waals surface area contributed by atoms with Crippen LogP contribution in [0.4, 0.5) is 0 Å². The summed E-state index contributed by atoms with van der Waals surface area (Å²) in [6.45, 7) is 7.12. The molecule has 0 aromatic carbocycles. The molecule has 2 amide bonds. The minimum absolute atomic E-state index is 0.101. The monoisotopic (exact) mass is 385 g/mol. The van der Waals surface area contributed by atoms with Gasteiger partial charge in [0.05, 0.1) is 12.2 Å². The lowest BCUT2D eigenvalue weighted by atomic mass is 10.0. The molecule has 1 aromatic rings. The first-order valence-corrected chi connectivity index (χ1v) is 10.7. The third-order valence-electron chi connectivity index (χ3n) is 6.36. The van der Waals surface area contributed by atoms with Crippen LogP contribution in [-0.4, -0.2) is 75.8 Å². The molecule has 152 valence electrons. The Morgan fingerprint density at radius 3 is 2.61 bits per heavy atom. The summed E-state index contributed by atoms with van der Waals surface area (Å²) in [6.07, 6.45) is 8.60. The van der Waals surface area contributed by atoms with Gasteiger partial charge in [0, 0.05) is 57.2 Å². The number of likely N-dealkylation sites (tertiary alicyclic amines) is 2. The zero-order valence-corrected chi connectivity index (χ0v) is 16.9. The van der Waals surface area contributed by atoms with E-state index in [-0.39, 0.29) is 17.7 Å². The smallest absolute Gasteiger partial charge is 0.236 e. The molecule has 3 aliphatic rings. The van der Waals surface area contributed by atoms with Crippen molar-refractivity contribution >= 4 is 11.8 Å². The van der Waals surface area contributed by atoms with Gasteiger partial charge in [0.25, 0.3) is 0 Å². The second kappa shape index (κ2) is 8.55. The van der Waals surface area contributed by atoms with E-state index in [9.17, 15) is 9.59 Å². The van der Waals surface area contributed by atoms with Crippen LogP contribution < -0.4 is 0 Å². The van der Waals surface area contributed by atoms with Gasteiger partial charge >= 0.3 is 0 Å². The van der Waals surface area contributed by atoms with Crippen molar-refractivity contribution < 1.29 is 9.59 Å². The number of amides is 2. The number of aromatic nitrogens is 2. The zero-order chi connectivity index (χ0) is 19.5. The molecule has 0 radical (unpaired) electrons. The molecule has 2 saturated heterocycles. The molecular formula is C21H31N5O2. The Balaban J connectivity index is 1.35. The fraction of sp³-hybridized carbons (Fsp3) is 0.714.